The molecule has 33 heavy (non-hydrogen) atoms. The van der Waals surface area contributed by atoms with Gasteiger partial charge < -0.3 is 29.8 Å². The van der Waals surface area contributed by atoms with Crippen molar-refractivity contribution in [1.82, 2.24) is 14.9 Å². The molecule has 0 spiro atoms. The maximum atomic E-state index is 12.8. The van der Waals surface area contributed by atoms with Gasteiger partial charge in [0.1, 0.15) is 41.4 Å². The van der Waals surface area contributed by atoms with E-state index in [2.05, 4.69) is 15.6 Å². The van der Waals surface area contributed by atoms with Gasteiger partial charge in [-0.05, 0) is 47.6 Å². The quantitative estimate of drug-likeness (QED) is 0.542. The minimum Gasteiger partial charge on any atom is -0.506 e. The molecular weight excluding hydrogens is 432 g/mol. The van der Waals surface area contributed by atoms with Crippen LogP contribution >= 0.6 is 0 Å². The Labute approximate surface area is 191 Å². The van der Waals surface area contributed by atoms with E-state index in [4.69, 9.17) is 9.47 Å². The molecule has 180 valence electrons. The molecule has 0 unspecified atom stereocenters. The molecular formula is C22H30N4O7. The van der Waals surface area contributed by atoms with E-state index in [0.717, 1.165) is 4.57 Å². The van der Waals surface area contributed by atoms with Crippen molar-refractivity contribution in [2.75, 3.05) is 18.4 Å². The Kier molecular flexibility index (Phi) is 7.36. The van der Waals surface area contributed by atoms with Crippen molar-refractivity contribution in [3.8, 4) is 5.75 Å². The van der Waals surface area contributed by atoms with E-state index in [0.29, 0.717) is 0 Å². The molecule has 11 nitrogen and oxygen atoms in total. The van der Waals surface area contributed by atoms with E-state index in [1.54, 1.807) is 41.5 Å². The highest BCUT2D eigenvalue weighted by molar-refractivity contribution is 6.06. The highest BCUT2D eigenvalue weighted by Crippen LogP contribution is 2.31. The zero-order chi connectivity index (χ0) is 25.1. The summed E-state index contributed by atoms with van der Waals surface area (Å²) in [5.41, 5.74) is -2.49. The van der Waals surface area contributed by atoms with Gasteiger partial charge in [0.25, 0.3) is 11.5 Å². The lowest BCUT2D eigenvalue weighted by Crippen LogP contribution is -2.37. The van der Waals surface area contributed by atoms with Gasteiger partial charge in [0.05, 0.1) is 10.9 Å². The van der Waals surface area contributed by atoms with E-state index < -0.39 is 52.5 Å². The first-order valence-corrected chi connectivity index (χ1v) is 10.3. The average molecular weight is 463 g/mol. The van der Waals surface area contributed by atoms with Crippen LogP contribution in [0, 0.1) is 0 Å². The largest absolute Gasteiger partial charge is 0.506 e. The number of nitrogens with zero attached hydrogens (tertiary/aromatic N) is 2. The van der Waals surface area contributed by atoms with E-state index >= 15 is 0 Å². The van der Waals surface area contributed by atoms with Crippen LogP contribution in [-0.2, 0) is 26.1 Å². The van der Waals surface area contributed by atoms with Crippen LogP contribution in [-0.4, -0.2) is 56.8 Å². The van der Waals surface area contributed by atoms with Gasteiger partial charge in [-0.1, -0.05) is 0 Å². The average Bonchev–Trinajstić information content (AvgIpc) is 2.66. The Morgan fingerprint density at radius 3 is 2.12 bits per heavy atom. The highest BCUT2D eigenvalue weighted by Gasteiger charge is 2.25. The van der Waals surface area contributed by atoms with E-state index in [1.165, 1.54) is 19.3 Å². The fourth-order valence-corrected chi connectivity index (χ4v) is 2.96. The zero-order valence-electron chi connectivity index (χ0n) is 19.9. The maximum absolute atomic E-state index is 12.8. The molecule has 11 heteroatoms. The van der Waals surface area contributed by atoms with Crippen LogP contribution in [0.5, 0.6) is 5.75 Å². The molecule has 0 aliphatic carbocycles. The van der Waals surface area contributed by atoms with Gasteiger partial charge in [-0.25, -0.2) is 4.98 Å². The van der Waals surface area contributed by atoms with Gasteiger partial charge in [0.2, 0.25) is 0 Å². The first-order chi connectivity index (χ1) is 15.1. The Morgan fingerprint density at radius 2 is 1.58 bits per heavy atom. The van der Waals surface area contributed by atoms with Gasteiger partial charge in [0, 0.05) is 13.2 Å². The zero-order valence-corrected chi connectivity index (χ0v) is 19.9. The molecule has 0 bridgehead atoms. The SMILES string of the molecule is Cn1c(=O)c(C(=O)NCC(=O)OC(C)(C)C)c(O)c2c(NCC(=O)OC(C)(C)C)nccc21. The number of aromatic hydroxyl groups is 1. The molecule has 0 atom stereocenters. The van der Waals surface area contributed by atoms with Crippen molar-refractivity contribution in [2.45, 2.75) is 52.7 Å². The van der Waals surface area contributed by atoms with Crippen LogP contribution in [0.1, 0.15) is 51.9 Å². The minimum atomic E-state index is -0.956. The molecule has 2 aromatic heterocycles. The van der Waals surface area contributed by atoms with E-state index in [-0.39, 0.29) is 23.3 Å². The molecule has 0 aliphatic rings. The molecule has 0 aromatic carbocycles. The van der Waals surface area contributed by atoms with Crippen LogP contribution in [0.3, 0.4) is 0 Å². The lowest BCUT2D eigenvalue weighted by Gasteiger charge is -2.20. The third kappa shape index (κ3) is 6.67. The van der Waals surface area contributed by atoms with Crippen molar-refractivity contribution in [2.24, 2.45) is 7.05 Å². The Hall–Kier alpha value is -3.63. The molecule has 0 radical (unpaired) electrons. The van der Waals surface area contributed by atoms with Crippen LogP contribution in [0.25, 0.3) is 10.9 Å². The number of aryl methyl sites for hydroxylation is 1. The molecule has 2 heterocycles. The molecule has 2 rings (SSSR count). The van der Waals surface area contributed by atoms with Gasteiger partial charge in [-0.2, -0.15) is 0 Å². The number of fused-ring (bicyclic) bond motifs is 1. The summed E-state index contributed by atoms with van der Waals surface area (Å²) in [5.74, 6) is -2.76. The number of ether oxygens (including phenoxy) is 2. The Balaban J connectivity index is 2.38. The van der Waals surface area contributed by atoms with Crippen LogP contribution in [0.2, 0.25) is 0 Å². The molecule has 0 saturated carbocycles. The summed E-state index contributed by atoms with van der Waals surface area (Å²) in [4.78, 5) is 53.5. The number of hydrogen-bond acceptors (Lipinski definition) is 9. The standard InChI is InChI=1S/C22H30N4O7/c1-21(2,3)32-13(27)10-24-18-15-12(8-9-23-18)26(7)20(31)16(17(15)29)19(30)25-11-14(28)33-22(4,5)6/h8-9,29H,10-11H2,1-7H3,(H,23,24)(H,25,30). The van der Waals surface area contributed by atoms with Crippen molar-refractivity contribution < 1.29 is 29.0 Å². The van der Waals surface area contributed by atoms with Gasteiger partial charge in [0.15, 0.2) is 0 Å². The third-order valence-corrected chi connectivity index (χ3v) is 4.14. The number of pyridine rings is 2. The number of amides is 1. The first-order valence-electron chi connectivity index (χ1n) is 10.3. The van der Waals surface area contributed by atoms with E-state index in [9.17, 15) is 24.3 Å². The van der Waals surface area contributed by atoms with Crippen LogP contribution in [0.4, 0.5) is 5.82 Å². The van der Waals surface area contributed by atoms with Crippen LogP contribution in [0.15, 0.2) is 17.1 Å². The molecule has 2 aromatic rings. The van der Waals surface area contributed by atoms with E-state index in [1.807, 2.05) is 0 Å². The van der Waals surface area contributed by atoms with Crippen molar-refractivity contribution in [3.05, 3.63) is 28.2 Å². The van der Waals surface area contributed by atoms with Crippen molar-refractivity contribution >= 4 is 34.6 Å². The molecule has 0 fully saturated rings. The number of carbonyl (C=O) groups is 3. The van der Waals surface area contributed by atoms with Gasteiger partial charge >= 0.3 is 11.9 Å². The second kappa shape index (κ2) is 9.47. The molecule has 3 N–H and O–H groups in total. The summed E-state index contributed by atoms with van der Waals surface area (Å²) in [5, 5.41) is 15.9. The molecule has 1 amide bonds. The summed E-state index contributed by atoms with van der Waals surface area (Å²) in [6.45, 7) is 9.46. The predicted octanol–water partition coefficient (Wildman–Crippen LogP) is 1.46. The Morgan fingerprint density at radius 1 is 1.03 bits per heavy atom. The number of anilines is 1. The second-order valence-electron chi connectivity index (χ2n) is 9.35. The summed E-state index contributed by atoms with van der Waals surface area (Å²) < 4.78 is 11.5. The normalized spacial score (nSPS) is 11.7. The first kappa shape index (κ1) is 25.6. The Bertz CT molecular complexity index is 1140. The second-order valence-corrected chi connectivity index (χ2v) is 9.35. The number of esters is 2. The number of aromatic nitrogens is 2. The lowest BCUT2D eigenvalue weighted by atomic mass is 10.1. The maximum Gasteiger partial charge on any atom is 0.325 e. The molecule has 0 aliphatic heterocycles. The fourth-order valence-electron chi connectivity index (χ4n) is 2.96. The highest BCUT2D eigenvalue weighted by atomic mass is 16.6. The van der Waals surface area contributed by atoms with Gasteiger partial charge in [-0.3, -0.25) is 19.2 Å². The van der Waals surface area contributed by atoms with Crippen molar-refractivity contribution in [3.63, 3.8) is 0 Å². The third-order valence-electron chi connectivity index (χ3n) is 4.14. The van der Waals surface area contributed by atoms with Crippen molar-refractivity contribution in [1.29, 1.82) is 0 Å². The number of rotatable bonds is 6. The summed E-state index contributed by atoms with van der Waals surface area (Å²) >= 11 is 0. The minimum absolute atomic E-state index is 0.0607. The van der Waals surface area contributed by atoms with Gasteiger partial charge in [-0.15, -0.1) is 0 Å². The molecule has 0 saturated heterocycles. The monoisotopic (exact) mass is 462 g/mol. The predicted molar refractivity (Wildman–Crippen MR) is 121 cm³/mol. The number of nitrogens with one attached hydrogen (secondary N) is 2. The number of carbonyl (C=O) groups excluding carboxylic acids is 3. The van der Waals surface area contributed by atoms with Crippen LogP contribution < -0.4 is 16.2 Å². The lowest BCUT2D eigenvalue weighted by molar-refractivity contribution is -0.154. The summed E-state index contributed by atoms with van der Waals surface area (Å²) in [7, 11) is 1.42. The smallest absolute Gasteiger partial charge is 0.325 e. The topological polar surface area (TPSA) is 149 Å². The fraction of sp³-hybridized carbons (Fsp3) is 0.500. The summed E-state index contributed by atoms with van der Waals surface area (Å²) in [6.07, 6.45) is 1.39. The summed E-state index contributed by atoms with van der Waals surface area (Å²) in [6, 6.07) is 1.48. The number of hydrogen-bond donors (Lipinski definition) is 3.